The molecule has 1 amide bonds. The lowest BCUT2D eigenvalue weighted by Crippen LogP contribution is -2.29. The summed E-state index contributed by atoms with van der Waals surface area (Å²) in [4.78, 5) is 31.7. The average Bonchev–Trinajstić information content (AvgIpc) is 3.42. The van der Waals surface area contributed by atoms with Crippen molar-refractivity contribution in [2.24, 2.45) is 0 Å². The molecule has 9 heteroatoms. The van der Waals surface area contributed by atoms with E-state index in [1.165, 1.54) is 28.5 Å². The van der Waals surface area contributed by atoms with Crippen molar-refractivity contribution in [2.75, 3.05) is 18.1 Å². The highest BCUT2D eigenvalue weighted by molar-refractivity contribution is 7.14. The van der Waals surface area contributed by atoms with E-state index >= 15 is 0 Å². The van der Waals surface area contributed by atoms with Crippen LogP contribution < -0.4 is 14.4 Å². The van der Waals surface area contributed by atoms with E-state index in [4.69, 9.17) is 9.47 Å². The van der Waals surface area contributed by atoms with Crippen LogP contribution in [-0.4, -0.2) is 40.1 Å². The number of aromatic nitrogens is 1. The second-order valence-electron chi connectivity index (χ2n) is 7.10. The zero-order valence-corrected chi connectivity index (χ0v) is 18.8. The largest absolute Gasteiger partial charge is 0.507 e. The number of carbonyl (C=O) groups excluding carboxylic acids is 2. The Kier molecular flexibility index (Phi) is 6.32. The predicted molar refractivity (Wildman–Crippen MR) is 124 cm³/mol. The number of hydrogen-bond donors (Lipinski definition) is 2. The number of anilines is 1. The van der Waals surface area contributed by atoms with Crippen LogP contribution in [0.1, 0.15) is 31.0 Å². The summed E-state index contributed by atoms with van der Waals surface area (Å²) < 4.78 is 11.0. The van der Waals surface area contributed by atoms with E-state index in [2.05, 4.69) is 4.98 Å². The van der Waals surface area contributed by atoms with Crippen molar-refractivity contribution in [2.45, 2.75) is 19.9 Å². The molecule has 1 aromatic heterocycles. The standard InChI is InChI=1S/C24H22N2O6S/c1-3-31-16-7-5-6-15(12-16)21(28)19-20(14-8-9-17(27)18(13-14)32-4-2)26(23(30)22(19)29)24-25-10-11-33-24/h5-13,20,27-28H,3-4H2,1-2H3/b21-19+. The van der Waals surface area contributed by atoms with E-state index in [0.29, 0.717) is 35.2 Å². The van der Waals surface area contributed by atoms with E-state index in [9.17, 15) is 19.8 Å². The number of benzene rings is 2. The minimum Gasteiger partial charge on any atom is -0.507 e. The van der Waals surface area contributed by atoms with Crippen molar-refractivity contribution in [3.8, 4) is 17.2 Å². The Bertz CT molecular complexity index is 1220. The highest BCUT2D eigenvalue weighted by atomic mass is 32.1. The minimum atomic E-state index is -0.966. The fourth-order valence-corrected chi connectivity index (χ4v) is 4.37. The molecule has 1 saturated heterocycles. The van der Waals surface area contributed by atoms with E-state index in [1.807, 2.05) is 6.92 Å². The first-order valence-electron chi connectivity index (χ1n) is 10.4. The van der Waals surface area contributed by atoms with Crippen molar-refractivity contribution < 1.29 is 29.3 Å². The molecule has 3 aromatic rings. The SMILES string of the molecule is CCOc1cccc(/C(O)=C2\C(=O)C(=O)N(c3nccs3)C2c2ccc(O)c(OCC)c2)c1. The molecule has 0 spiro atoms. The lowest BCUT2D eigenvalue weighted by Gasteiger charge is -2.23. The van der Waals surface area contributed by atoms with Gasteiger partial charge < -0.3 is 19.7 Å². The minimum absolute atomic E-state index is 0.0729. The van der Waals surface area contributed by atoms with Crippen LogP contribution in [-0.2, 0) is 9.59 Å². The van der Waals surface area contributed by atoms with Crippen LogP contribution in [0.5, 0.6) is 17.2 Å². The van der Waals surface area contributed by atoms with Gasteiger partial charge in [-0.25, -0.2) is 4.98 Å². The number of phenols is 1. The summed E-state index contributed by atoms with van der Waals surface area (Å²) in [6, 6.07) is 10.3. The fourth-order valence-electron chi connectivity index (χ4n) is 3.71. The number of carbonyl (C=O) groups is 2. The van der Waals surface area contributed by atoms with Crippen molar-refractivity contribution in [3.05, 3.63) is 70.7 Å². The number of Topliss-reactive ketones (excluding diaryl/α,β-unsaturated/α-hetero) is 1. The van der Waals surface area contributed by atoms with Gasteiger partial charge in [0, 0.05) is 17.1 Å². The molecule has 33 heavy (non-hydrogen) atoms. The number of aliphatic hydroxyl groups is 1. The van der Waals surface area contributed by atoms with E-state index < -0.39 is 17.7 Å². The quantitative estimate of drug-likeness (QED) is 0.304. The lowest BCUT2D eigenvalue weighted by molar-refractivity contribution is -0.132. The van der Waals surface area contributed by atoms with Gasteiger partial charge in [0.2, 0.25) is 0 Å². The maximum Gasteiger partial charge on any atom is 0.301 e. The molecule has 2 N–H and O–H groups in total. The number of amides is 1. The summed E-state index contributed by atoms with van der Waals surface area (Å²) in [6.45, 7) is 4.37. The summed E-state index contributed by atoms with van der Waals surface area (Å²) in [6.07, 6.45) is 1.53. The smallest absolute Gasteiger partial charge is 0.301 e. The molecule has 1 aliphatic rings. The molecule has 0 aliphatic carbocycles. The van der Waals surface area contributed by atoms with Gasteiger partial charge >= 0.3 is 5.91 Å². The van der Waals surface area contributed by atoms with Crippen molar-refractivity contribution >= 4 is 33.9 Å². The van der Waals surface area contributed by atoms with Gasteiger partial charge in [-0.05, 0) is 43.7 Å². The van der Waals surface area contributed by atoms with E-state index in [0.717, 1.165) is 0 Å². The summed E-state index contributed by atoms with van der Waals surface area (Å²) >= 11 is 1.20. The molecule has 2 aromatic carbocycles. The summed E-state index contributed by atoms with van der Waals surface area (Å²) in [7, 11) is 0. The summed E-state index contributed by atoms with van der Waals surface area (Å²) in [5.74, 6) is -1.31. The Morgan fingerprint density at radius 1 is 1.12 bits per heavy atom. The number of ether oxygens (including phenoxy) is 2. The van der Waals surface area contributed by atoms with Gasteiger partial charge in [-0.15, -0.1) is 11.3 Å². The highest BCUT2D eigenvalue weighted by Gasteiger charge is 2.48. The normalized spacial score (nSPS) is 17.4. The van der Waals surface area contributed by atoms with Crippen LogP contribution in [0.2, 0.25) is 0 Å². The Morgan fingerprint density at radius 2 is 1.91 bits per heavy atom. The molecule has 8 nitrogen and oxygen atoms in total. The van der Waals surface area contributed by atoms with Gasteiger partial charge in [0.15, 0.2) is 16.6 Å². The van der Waals surface area contributed by atoms with Crippen LogP contribution >= 0.6 is 11.3 Å². The third-order valence-electron chi connectivity index (χ3n) is 5.09. The van der Waals surface area contributed by atoms with Gasteiger partial charge in [-0.1, -0.05) is 18.2 Å². The maximum absolute atomic E-state index is 13.2. The maximum atomic E-state index is 13.2. The van der Waals surface area contributed by atoms with Gasteiger partial charge in [0.25, 0.3) is 5.78 Å². The van der Waals surface area contributed by atoms with Crippen molar-refractivity contribution in [1.82, 2.24) is 4.98 Å². The zero-order valence-electron chi connectivity index (χ0n) is 18.0. The number of nitrogens with zero attached hydrogens (tertiary/aromatic N) is 2. The Hall–Kier alpha value is -3.85. The van der Waals surface area contributed by atoms with Gasteiger partial charge in [-0.3, -0.25) is 14.5 Å². The molecular formula is C24H22N2O6S. The molecule has 4 rings (SSSR count). The van der Waals surface area contributed by atoms with Crippen molar-refractivity contribution in [1.29, 1.82) is 0 Å². The molecule has 2 heterocycles. The number of ketones is 1. The predicted octanol–water partition coefficient (Wildman–Crippen LogP) is 4.27. The Morgan fingerprint density at radius 3 is 2.61 bits per heavy atom. The molecular weight excluding hydrogens is 444 g/mol. The first-order valence-corrected chi connectivity index (χ1v) is 11.2. The zero-order chi connectivity index (χ0) is 23.5. The molecule has 1 atom stereocenters. The summed E-state index contributed by atoms with van der Waals surface area (Å²) in [5.41, 5.74) is 0.733. The van der Waals surface area contributed by atoms with Gasteiger partial charge in [-0.2, -0.15) is 0 Å². The van der Waals surface area contributed by atoms with Crippen LogP contribution in [0.3, 0.4) is 0 Å². The lowest BCUT2D eigenvalue weighted by atomic mass is 9.95. The van der Waals surface area contributed by atoms with Gasteiger partial charge in [0.05, 0.1) is 24.8 Å². The first kappa shape index (κ1) is 22.3. The Balaban J connectivity index is 1.92. The number of rotatable bonds is 7. The number of phenolic OH excluding ortho intramolecular Hbond substituents is 1. The second kappa shape index (κ2) is 9.33. The van der Waals surface area contributed by atoms with Crippen molar-refractivity contribution in [3.63, 3.8) is 0 Å². The summed E-state index contributed by atoms with van der Waals surface area (Å²) in [5, 5.41) is 23.4. The Labute approximate surface area is 194 Å². The van der Waals surface area contributed by atoms with Gasteiger partial charge in [0.1, 0.15) is 11.5 Å². The number of thiazole rings is 1. The number of hydrogen-bond acceptors (Lipinski definition) is 8. The highest BCUT2D eigenvalue weighted by Crippen LogP contribution is 2.44. The first-order chi connectivity index (χ1) is 16.0. The average molecular weight is 467 g/mol. The van der Waals surface area contributed by atoms with Crippen LogP contribution in [0.15, 0.2) is 59.6 Å². The molecule has 170 valence electrons. The van der Waals surface area contributed by atoms with E-state index in [-0.39, 0.29) is 22.8 Å². The number of aliphatic hydroxyl groups excluding tert-OH is 1. The van der Waals surface area contributed by atoms with Crippen LogP contribution in [0.25, 0.3) is 5.76 Å². The molecule has 0 radical (unpaired) electrons. The third-order valence-corrected chi connectivity index (χ3v) is 5.86. The molecule has 1 aliphatic heterocycles. The number of aromatic hydroxyl groups is 1. The molecule has 1 fully saturated rings. The monoisotopic (exact) mass is 466 g/mol. The fraction of sp³-hybridized carbons (Fsp3) is 0.208. The molecule has 0 saturated carbocycles. The topological polar surface area (TPSA) is 109 Å². The second-order valence-corrected chi connectivity index (χ2v) is 7.98. The van der Waals surface area contributed by atoms with Crippen LogP contribution in [0, 0.1) is 0 Å². The van der Waals surface area contributed by atoms with Crippen LogP contribution in [0.4, 0.5) is 5.13 Å². The van der Waals surface area contributed by atoms with E-state index in [1.54, 1.807) is 48.7 Å². The molecule has 1 unspecified atom stereocenters. The molecule has 0 bridgehead atoms. The third kappa shape index (κ3) is 4.14.